The van der Waals surface area contributed by atoms with Gasteiger partial charge in [-0.05, 0) is 12.1 Å². The molecule has 0 aliphatic carbocycles. The molecular formula is C14H14N4O5. The van der Waals surface area contributed by atoms with Gasteiger partial charge in [-0.15, -0.1) is 0 Å². The lowest BCUT2D eigenvalue weighted by atomic mass is 10.3. The molecule has 0 saturated heterocycles. The Morgan fingerprint density at radius 2 is 1.96 bits per heavy atom. The number of para-hydroxylation sites is 1. The van der Waals surface area contributed by atoms with Gasteiger partial charge in [0.2, 0.25) is 5.71 Å². The highest BCUT2D eigenvalue weighted by molar-refractivity contribution is 6.46. The molecule has 0 heterocycles. The summed E-state index contributed by atoms with van der Waals surface area (Å²) in [7, 11) is 2.66. The van der Waals surface area contributed by atoms with Crippen LogP contribution >= 0.6 is 0 Å². The van der Waals surface area contributed by atoms with Gasteiger partial charge in [0.25, 0.3) is 11.8 Å². The number of alkyl carbamates (subject to hydrolysis) is 1. The summed E-state index contributed by atoms with van der Waals surface area (Å²) in [4.78, 5) is 40.3. The van der Waals surface area contributed by atoms with E-state index in [9.17, 15) is 14.4 Å². The number of benzene rings is 1. The number of rotatable bonds is 5. The van der Waals surface area contributed by atoms with Gasteiger partial charge < -0.3 is 14.5 Å². The molecule has 23 heavy (non-hydrogen) atoms. The van der Waals surface area contributed by atoms with Crippen LogP contribution in [0.5, 0.6) is 0 Å². The average Bonchev–Trinajstić information content (AvgIpc) is 2.57. The molecule has 0 spiro atoms. The first-order valence-corrected chi connectivity index (χ1v) is 6.30. The zero-order chi connectivity index (χ0) is 17.2. The van der Waals surface area contributed by atoms with Crippen molar-refractivity contribution < 1.29 is 24.0 Å². The van der Waals surface area contributed by atoms with Crippen LogP contribution in [-0.4, -0.2) is 44.4 Å². The van der Waals surface area contributed by atoms with Crippen LogP contribution in [0.25, 0.3) is 0 Å². The Bertz CT molecular complexity index is 651. The van der Waals surface area contributed by atoms with E-state index in [1.807, 2.05) is 0 Å². The number of hydrogen-bond donors (Lipinski definition) is 1. The smallest absolute Gasteiger partial charge is 0.414 e. The minimum atomic E-state index is -1.18. The normalized spacial score (nSPS) is 10.2. The molecule has 1 aromatic rings. The number of carbonyl (C=O) groups is 3. The third kappa shape index (κ3) is 5.47. The summed E-state index contributed by atoms with van der Waals surface area (Å²) in [6.45, 7) is -0.576. The molecule has 3 amide bonds. The lowest BCUT2D eigenvalue weighted by Crippen LogP contribution is -2.38. The Labute approximate surface area is 132 Å². The van der Waals surface area contributed by atoms with Gasteiger partial charge >= 0.3 is 6.09 Å². The number of amides is 3. The Hall–Kier alpha value is -3.41. The second-order valence-electron chi connectivity index (χ2n) is 4.05. The predicted molar refractivity (Wildman–Crippen MR) is 79.4 cm³/mol. The van der Waals surface area contributed by atoms with E-state index in [0.717, 1.165) is 7.11 Å². The molecule has 0 fully saturated rings. The molecule has 9 nitrogen and oxygen atoms in total. The van der Waals surface area contributed by atoms with Crippen molar-refractivity contribution in [1.29, 1.82) is 5.26 Å². The van der Waals surface area contributed by atoms with Gasteiger partial charge in [-0.1, -0.05) is 23.4 Å². The standard InChI is InChI=1S/C14H14N4O5/c1-18(10-6-4-3-5-7-10)12(19)9-23-14(21)16-13(20)11(8-15)17-22-2/h3-7H,9H2,1-2H3,(H,16,20,21)/b17-11+. The fourth-order valence-corrected chi connectivity index (χ4v) is 1.41. The monoisotopic (exact) mass is 318 g/mol. The molecule has 0 aliphatic rings. The summed E-state index contributed by atoms with van der Waals surface area (Å²) < 4.78 is 4.62. The molecule has 0 aliphatic heterocycles. The van der Waals surface area contributed by atoms with E-state index in [-0.39, 0.29) is 0 Å². The number of carbonyl (C=O) groups excluding carboxylic acids is 3. The third-order valence-electron chi connectivity index (χ3n) is 2.56. The van der Waals surface area contributed by atoms with E-state index >= 15 is 0 Å². The van der Waals surface area contributed by atoms with Crippen molar-refractivity contribution in [2.24, 2.45) is 5.16 Å². The van der Waals surface area contributed by atoms with Crippen molar-refractivity contribution >= 4 is 29.3 Å². The number of nitrogens with one attached hydrogen (secondary N) is 1. The van der Waals surface area contributed by atoms with Crippen molar-refractivity contribution in [1.82, 2.24) is 5.32 Å². The third-order valence-corrected chi connectivity index (χ3v) is 2.56. The Morgan fingerprint density at radius 3 is 2.52 bits per heavy atom. The number of nitriles is 1. The van der Waals surface area contributed by atoms with Gasteiger partial charge in [0, 0.05) is 12.7 Å². The molecule has 0 aromatic heterocycles. The molecule has 0 unspecified atom stereocenters. The Morgan fingerprint density at radius 1 is 1.30 bits per heavy atom. The molecule has 1 N–H and O–H groups in total. The number of oxime groups is 1. The van der Waals surface area contributed by atoms with Gasteiger partial charge in [0.05, 0.1) is 0 Å². The van der Waals surface area contributed by atoms with E-state index < -0.39 is 30.2 Å². The average molecular weight is 318 g/mol. The first-order valence-electron chi connectivity index (χ1n) is 6.30. The largest absolute Gasteiger partial charge is 0.439 e. The van der Waals surface area contributed by atoms with Gasteiger partial charge in [-0.25, -0.2) is 4.79 Å². The van der Waals surface area contributed by atoms with Crippen LogP contribution in [0.4, 0.5) is 10.5 Å². The number of likely N-dealkylation sites (N-methyl/N-ethyl adjacent to an activating group) is 1. The number of nitrogens with zero attached hydrogens (tertiary/aromatic N) is 3. The molecule has 0 bridgehead atoms. The molecular weight excluding hydrogens is 304 g/mol. The molecule has 1 aromatic carbocycles. The van der Waals surface area contributed by atoms with Crippen LogP contribution in [0.2, 0.25) is 0 Å². The first-order chi connectivity index (χ1) is 11.0. The summed E-state index contributed by atoms with van der Waals surface area (Å²) in [6.07, 6.45) is -1.18. The van der Waals surface area contributed by atoms with Gasteiger partial charge in [-0.3, -0.25) is 14.9 Å². The van der Waals surface area contributed by atoms with Gasteiger partial charge in [-0.2, -0.15) is 5.26 Å². The molecule has 0 atom stereocenters. The van der Waals surface area contributed by atoms with E-state index in [1.165, 1.54) is 18.0 Å². The van der Waals surface area contributed by atoms with Crippen molar-refractivity contribution in [3.63, 3.8) is 0 Å². The first kappa shape index (κ1) is 17.6. The van der Waals surface area contributed by atoms with Crippen LogP contribution in [0, 0.1) is 11.3 Å². The summed E-state index contributed by atoms with van der Waals surface area (Å²) in [5.41, 5.74) is -0.0336. The Balaban J connectivity index is 2.50. The van der Waals surface area contributed by atoms with E-state index in [4.69, 9.17) is 5.26 Å². The summed E-state index contributed by atoms with van der Waals surface area (Å²) >= 11 is 0. The number of hydrogen-bond acceptors (Lipinski definition) is 7. The van der Waals surface area contributed by atoms with E-state index in [1.54, 1.807) is 35.6 Å². The Kier molecular flexibility index (Phi) is 6.74. The van der Waals surface area contributed by atoms with Crippen LogP contribution in [-0.2, 0) is 19.2 Å². The van der Waals surface area contributed by atoms with Crippen LogP contribution in [0.1, 0.15) is 0 Å². The van der Waals surface area contributed by atoms with Crippen molar-refractivity contribution in [3.8, 4) is 6.07 Å². The fourth-order valence-electron chi connectivity index (χ4n) is 1.41. The second kappa shape index (κ2) is 8.78. The van der Waals surface area contributed by atoms with Gasteiger partial charge in [0.1, 0.15) is 13.2 Å². The van der Waals surface area contributed by atoms with Gasteiger partial charge in [0.15, 0.2) is 6.61 Å². The van der Waals surface area contributed by atoms with Crippen LogP contribution in [0.15, 0.2) is 35.5 Å². The quantitative estimate of drug-likeness (QED) is 0.620. The number of imide groups is 1. The molecule has 1 rings (SSSR count). The van der Waals surface area contributed by atoms with Crippen molar-refractivity contribution in [2.45, 2.75) is 0 Å². The lowest BCUT2D eigenvalue weighted by molar-refractivity contribution is -0.121. The maximum atomic E-state index is 11.9. The number of ether oxygens (including phenoxy) is 1. The molecule has 120 valence electrons. The summed E-state index contributed by atoms with van der Waals surface area (Å²) in [5, 5.41) is 13.5. The minimum Gasteiger partial charge on any atom is -0.439 e. The maximum Gasteiger partial charge on any atom is 0.414 e. The highest BCUT2D eigenvalue weighted by atomic mass is 16.6. The molecule has 9 heteroatoms. The zero-order valence-electron chi connectivity index (χ0n) is 12.5. The highest BCUT2D eigenvalue weighted by Crippen LogP contribution is 2.10. The topological polar surface area (TPSA) is 121 Å². The lowest BCUT2D eigenvalue weighted by Gasteiger charge is -2.16. The minimum absolute atomic E-state index is 0.495. The number of anilines is 1. The van der Waals surface area contributed by atoms with Crippen molar-refractivity contribution in [2.75, 3.05) is 25.7 Å². The van der Waals surface area contributed by atoms with Crippen LogP contribution in [0.3, 0.4) is 0 Å². The fraction of sp³-hybridized carbons (Fsp3) is 0.214. The summed E-state index contributed by atoms with van der Waals surface area (Å²) in [6, 6.07) is 10.2. The highest BCUT2D eigenvalue weighted by Gasteiger charge is 2.18. The second-order valence-corrected chi connectivity index (χ2v) is 4.05. The zero-order valence-corrected chi connectivity index (χ0v) is 12.5. The molecule has 0 radical (unpaired) electrons. The van der Waals surface area contributed by atoms with E-state index in [0.29, 0.717) is 5.69 Å². The summed E-state index contributed by atoms with van der Waals surface area (Å²) in [5.74, 6) is -1.59. The van der Waals surface area contributed by atoms with Crippen LogP contribution < -0.4 is 10.2 Å². The predicted octanol–water partition coefficient (Wildman–Crippen LogP) is 0.428. The van der Waals surface area contributed by atoms with Crippen molar-refractivity contribution in [3.05, 3.63) is 30.3 Å². The van der Waals surface area contributed by atoms with E-state index in [2.05, 4.69) is 14.7 Å². The molecule has 0 saturated carbocycles. The SMILES string of the molecule is CO/N=C(\C#N)C(=O)NC(=O)OCC(=O)N(C)c1ccccc1. The maximum absolute atomic E-state index is 11.9.